The molecule has 3 N–H and O–H groups in total. The Hall–Kier alpha value is -1.55. The average Bonchev–Trinajstić information content (AvgIpc) is 2.29. The van der Waals surface area contributed by atoms with Crippen LogP contribution in [-0.4, -0.2) is 17.1 Å². The smallest absolute Gasteiger partial charge is 0.149 e. The highest BCUT2D eigenvalue weighted by molar-refractivity contribution is 5.95. The molecule has 0 unspecified atom stereocenters. The number of hydrogen-bond donors (Lipinski definition) is 3. The molecule has 1 rings (SSSR count). The summed E-state index contributed by atoms with van der Waals surface area (Å²) in [4.78, 5) is 0. The van der Waals surface area contributed by atoms with Gasteiger partial charge in [-0.05, 0) is 37.6 Å². The first-order chi connectivity index (χ1) is 7.17. The summed E-state index contributed by atoms with van der Waals surface area (Å²) in [5, 5.41) is 15.9. The van der Waals surface area contributed by atoms with E-state index in [0.29, 0.717) is 5.56 Å². The molecule has 0 amide bonds. The van der Waals surface area contributed by atoms with E-state index in [1.54, 1.807) is 29.7 Å². The third-order valence-electron chi connectivity index (χ3n) is 2.17. The Bertz CT molecular complexity index is 322. The molecule has 1 aromatic carbocycles. The molecule has 0 heterocycles. The zero-order valence-corrected chi connectivity index (χ0v) is 8.95. The minimum atomic E-state index is -0.0231. The van der Waals surface area contributed by atoms with Gasteiger partial charge in [0.1, 0.15) is 11.6 Å². The van der Waals surface area contributed by atoms with Crippen LogP contribution in [0.5, 0.6) is 5.75 Å². The zero-order chi connectivity index (χ0) is 11.3. The lowest BCUT2D eigenvalue weighted by atomic mass is 10.2. The van der Waals surface area contributed by atoms with E-state index >= 15 is 0 Å². The SMILES string of the molecule is CC[C@H](C)Oc1ccc(C(=N)NO)cc1. The van der Waals surface area contributed by atoms with Crippen molar-refractivity contribution in [2.45, 2.75) is 26.4 Å². The van der Waals surface area contributed by atoms with Crippen LogP contribution in [-0.2, 0) is 0 Å². The third kappa shape index (κ3) is 3.25. The topological polar surface area (TPSA) is 65.3 Å². The number of hydrogen-bond acceptors (Lipinski definition) is 3. The fraction of sp³-hybridized carbons (Fsp3) is 0.364. The predicted octanol–water partition coefficient (Wildman–Crippen LogP) is 2.17. The zero-order valence-electron chi connectivity index (χ0n) is 8.95. The number of amidine groups is 1. The Morgan fingerprint density at radius 3 is 2.53 bits per heavy atom. The fourth-order valence-electron chi connectivity index (χ4n) is 1.08. The summed E-state index contributed by atoms with van der Waals surface area (Å²) in [6.45, 7) is 4.07. The van der Waals surface area contributed by atoms with E-state index in [0.717, 1.165) is 12.2 Å². The number of rotatable bonds is 4. The normalized spacial score (nSPS) is 11.9. The van der Waals surface area contributed by atoms with E-state index in [9.17, 15) is 0 Å². The molecule has 15 heavy (non-hydrogen) atoms. The van der Waals surface area contributed by atoms with Crippen molar-refractivity contribution in [3.63, 3.8) is 0 Å². The summed E-state index contributed by atoms with van der Waals surface area (Å²) in [6.07, 6.45) is 1.14. The molecule has 0 spiro atoms. The summed E-state index contributed by atoms with van der Waals surface area (Å²) in [6, 6.07) is 7.02. The first-order valence-corrected chi connectivity index (χ1v) is 4.93. The Morgan fingerprint density at radius 2 is 2.07 bits per heavy atom. The molecule has 0 aliphatic carbocycles. The number of nitrogens with one attached hydrogen (secondary N) is 2. The molecule has 0 fully saturated rings. The van der Waals surface area contributed by atoms with Crippen molar-refractivity contribution in [1.29, 1.82) is 5.41 Å². The monoisotopic (exact) mass is 208 g/mol. The van der Waals surface area contributed by atoms with Crippen LogP contribution in [0.3, 0.4) is 0 Å². The Morgan fingerprint density at radius 1 is 1.47 bits per heavy atom. The molecule has 0 aromatic heterocycles. The van der Waals surface area contributed by atoms with Crippen LogP contribution in [0, 0.1) is 5.41 Å². The number of benzene rings is 1. The van der Waals surface area contributed by atoms with Gasteiger partial charge in [0, 0.05) is 5.56 Å². The highest BCUT2D eigenvalue weighted by atomic mass is 16.5. The summed E-state index contributed by atoms with van der Waals surface area (Å²) in [5.74, 6) is 0.754. The van der Waals surface area contributed by atoms with E-state index in [4.69, 9.17) is 15.4 Å². The van der Waals surface area contributed by atoms with E-state index in [1.807, 2.05) is 6.92 Å². The van der Waals surface area contributed by atoms with Gasteiger partial charge in [0.15, 0.2) is 0 Å². The van der Waals surface area contributed by atoms with Gasteiger partial charge in [-0.25, -0.2) is 0 Å². The van der Waals surface area contributed by atoms with E-state index in [2.05, 4.69) is 6.92 Å². The Kier molecular flexibility index (Phi) is 4.12. The highest BCUT2D eigenvalue weighted by Gasteiger charge is 2.02. The lowest BCUT2D eigenvalue weighted by Gasteiger charge is -2.12. The van der Waals surface area contributed by atoms with Crippen LogP contribution in [0.25, 0.3) is 0 Å². The third-order valence-corrected chi connectivity index (χ3v) is 2.17. The number of ether oxygens (including phenoxy) is 1. The quantitative estimate of drug-likeness (QED) is 0.403. The lowest BCUT2D eigenvalue weighted by molar-refractivity contribution is 0.217. The van der Waals surface area contributed by atoms with E-state index < -0.39 is 0 Å². The van der Waals surface area contributed by atoms with E-state index in [1.165, 1.54) is 0 Å². The molecule has 4 nitrogen and oxygen atoms in total. The van der Waals surface area contributed by atoms with Gasteiger partial charge in [-0.2, -0.15) is 0 Å². The summed E-state index contributed by atoms with van der Waals surface area (Å²) >= 11 is 0. The maximum Gasteiger partial charge on any atom is 0.149 e. The molecular formula is C11H16N2O2. The minimum absolute atomic E-state index is 0.0231. The lowest BCUT2D eigenvalue weighted by Crippen LogP contribution is -2.18. The van der Waals surface area contributed by atoms with Crippen LogP contribution >= 0.6 is 0 Å². The second-order valence-corrected chi connectivity index (χ2v) is 3.35. The van der Waals surface area contributed by atoms with Crippen molar-refractivity contribution in [1.82, 2.24) is 5.48 Å². The number of hydroxylamine groups is 1. The predicted molar refractivity (Wildman–Crippen MR) is 58.6 cm³/mol. The standard InChI is InChI=1S/C11H16N2O2/c1-3-8(2)15-10-6-4-9(5-7-10)11(12)13-14/h4-8,14H,3H2,1-2H3,(H2,12,13)/t8-/m0/s1. The molecular weight excluding hydrogens is 192 g/mol. The molecule has 0 saturated heterocycles. The maximum absolute atomic E-state index is 8.54. The molecule has 1 atom stereocenters. The van der Waals surface area contributed by atoms with Gasteiger partial charge in [0.05, 0.1) is 6.10 Å². The van der Waals surface area contributed by atoms with Crippen molar-refractivity contribution in [3.8, 4) is 5.75 Å². The first kappa shape index (κ1) is 11.5. The Balaban J connectivity index is 2.68. The van der Waals surface area contributed by atoms with E-state index in [-0.39, 0.29) is 11.9 Å². The molecule has 4 heteroatoms. The minimum Gasteiger partial charge on any atom is -0.491 e. The van der Waals surface area contributed by atoms with Crippen LogP contribution in [0.2, 0.25) is 0 Å². The van der Waals surface area contributed by atoms with Crippen molar-refractivity contribution >= 4 is 5.84 Å². The second kappa shape index (κ2) is 5.36. The van der Waals surface area contributed by atoms with Gasteiger partial charge in [0.2, 0.25) is 0 Å². The van der Waals surface area contributed by atoms with Gasteiger partial charge in [-0.15, -0.1) is 0 Å². The van der Waals surface area contributed by atoms with Gasteiger partial charge in [-0.1, -0.05) is 6.92 Å². The molecule has 82 valence electrons. The van der Waals surface area contributed by atoms with Gasteiger partial charge >= 0.3 is 0 Å². The maximum atomic E-state index is 8.54. The van der Waals surface area contributed by atoms with Gasteiger partial charge in [-0.3, -0.25) is 16.1 Å². The van der Waals surface area contributed by atoms with Crippen molar-refractivity contribution in [2.24, 2.45) is 0 Å². The Labute approximate surface area is 89.4 Å². The summed E-state index contributed by atoms with van der Waals surface area (Å²) in [5.41, 5.74) is 2.41. The van der Waals surface area contributed by atoms with Crippen LogP contribution in [0.4, 0.5) is 0 Å². The van der Waals surface area contributed by atoms with Gasteiger partial charge < -0.3 is 4.74 Å². The molecule has 0 bridgehead atoms. The van der Waals surface area contributed by atoms with Crippen molar-refractivity contribution in [3.05, 3.63) is 29.8 Å². The van der Waals surface area contributed by atoms with Crippen molar-refractivity contribution < 1.29 is 9.94 Å². The largest absolute Gasteiger partial charge is 0.491 e. The van der Waals surface area contributed by atoms with Crippen molar-refractivity contribution in [2.75, 3.05) is 0 Å². The van der Waals surface area contributed by atoms with Crippen LogP contribution in [0.15, 0.2) is 24.3 Å². The highest BCUT2D eigenvalue weighted by Crippen LogP contribution is 2.14. The molecule has 0 saturated carbocycles. The van der Waals surface area contributed by atoms with Crippen LogP contribution < -0.4 is 10.2 Å². The molecule has 0 aliphatic heterocycles. The van der Waals surface area contributed by atoms with Crippen LogP contribution in [0.1, 0.15) is 25.8 Å². The summed E-state index contributed by atoms with van der Waals surface area (Å²) in [7, 11) is 0. The molecule has 0 aliphatic rings. The average molecular weight is 208 g/mol. The second-order valence-electron chi connectivity index (χ2n) is 3.35. The fourth-order valence-corrected chi connectivity index (χ4v) is 1.08. The summed E-state index contributed by atoms with van der Waals surface area (Å²) < 4.78 is 5.58. The van der Waals surface area contributed by atoms with Gasteiger partial charge in [0.25, 0.3) is 0 Å². The first-order valence-electron chi connectivity index (χ1n) is 4.93. The molecule has 0 radical (unpaired) electrons. The molecule has 1 aromatic rings.